The van der Waals surface area contributed by atoms with Crippen molar-refractivity contribution in [1.29, 1.82) is 0 Å². The summed E-state index contributed by atoms with van der Waals surface area (Å²) >= 11 is 0. The van der Waals surface area contributed by atoms with E-state index in [-0.39, 0.29) is 5.91 Å². The number of nitrogen functional groups attached to an aromatic ring is 1. The number of carbonyl (C=O) groups excluding carboxylic acids is 1. The summed E-state index contributed by atoms with van der Waals surface area (Å²) in [6.07, 6.45) is 3.76. The molecule has 1 aliphatic carbocycles. The number of benzene rings is 1. The van der Waals surface area contributed by atoms with Crippen molar-refractivity contribution >= 4 is 28.6 Å². The van der Waals surface area contributed by atoms with Crippen LogP contribution in [0.25, 0.3) is 11.0 Å². The minimum atomic E-state index is -0.304. The van der Waals surface area contributed by atoms with E-state index in [0.717, 1.165) is 18.3 Å². The molecule has 2 N–H and O–H groups in total. The monoisotopic (exact) mass is 363 g/mol. The molecule has 3 heterocycles. The summed E-state index contributed by atoms with van der Waals surface area (Å²) in [5.74, 6) is 2.15. The van der Waals surface area contributed by atoms with Crippen LogP contribution in [0.4, 0.5) is 11.6 Å². The van der Waals surface area contributed by atoms with Gasteiger partial charge in [-0.25, -0.2) is 4.98 Å². The Bertz CT molecular complexity index is 1040. The zero-order valence-electron chi connectivity index (χ0n) is 15.1. The first-order valence-electron chi connectivity index (χ1n) is 9.25. The molecule has 2 atom stereocenters. The van der Waals surface area contributed by atoms with Gasteiger partial charge in [0.15, 0.2) is 11.5 Å². The third-order valence-electron chi connectivity index (χ3n) is 5.78. The molecule has 5 rings (SSSR count). The van der Waals surface area contributed by atoms with E-state index in [0.29, 0.717) is 34.2 Å². The normalized spacial score (nSPS) is 21.1. The molecule has 2 unspecified atom stereocenters. The molecule has 2 bridgehead atoms. The Balaban J connectivity index is 1.60. The van der Waals surface area contributed by atoms with E-state index in [2.05, 4.69) is 10.00 Å². The molecular weight excluding hydrogens is 342 g/mol. The molecule has 3 aromatic rings. The van der Waals surface area contributed by atoms with Crippen LogP contribution in [0.2, 0.25) is 0 Å². The fraction of sp³-hybridized carbons (Fsp3) is 0.350. The highest BCUT2D eigenvalue weighted by molar-refractivity contribution is 6.04. The molecule has 1 aromatic carbocycles. The Morgan fingerprint density at radius 1 is 1.22 bits per heavy atom. The Kier molecular flexibility index (Phi) is 3.56. The number of rotatable bonds is 3. The van der Waals surface area contributed by atoms with Crippen LogP contribution in [0.3, 0.4) is 0 Å². The van der Waals surface area contributed by atoms with Gasteiger partial charge in [0.25, 0.3) is 5.91 Å². The average molecular weight is 363 g/mol. The highest BCUT2D eigenvalue weighted by Crippen LogP contribution is 2.40. The Hall–Kier alpha value is -3.09. The lowest BCUT2D eigenvalue weighted by atomic mass is 10.1. The van der Waals surface area contributed by atoms with E-state index in [1.54, 1.807) is 25.3 Å². The van der Waals surface area contributed by atoms with Gasteiger partial charge in [0.2, 0.25) is 0 Å². The smallest absolute Gasteiger partial charge is 0.283 e. The largest absolute Gasteiger partial charge is 0.496 e. The fourth-order valence-electron chi connectivity index (χ4n) is 4.45. The van der Waals surface area contributed by atoms with E-state index in [4.69, 9.17) is 15.5 Å². The van der Waals surface area contributed by atoms with Crippen LogP contribution in [-0.2, 0) is 0 Å². The van der Waals surface area contributed by atoms with Crippen LogP contribution in [-0.4, -0.2) is 40.4 Å². The standard InChI is InChI=1S/C20H21N5O2/c1-27-16-5-3-2-4-14(16)20(26)25-19-15(18(21)23-25)8-9-17(22-19)24-11-12-6-7-13(24)10-12/h2-5,8-9,12-13H,6-7,10-11H2,1H3,(H2,21,23). The average Bonchev–Trinajstić information content (AvgIpc) is 3.42. The SMILES string of the molecule is COc1ccccc1C(=O)n1nc(N)c2ccc(N3CC4CCC3C4)nc21. The van der Waals surface area contributed by atoms with Crippen LogP contribution in [0.1, 0.15) is 29.6 Å². The second kappa shape index (κ2) is 5.97. The highest BCUT2D eigenvalue weighted by Gasteiger charge is 2.38. The third kappa shape index (κ3) is 2.45. The van der Waals surface area contributed by atoms with Gasteiger partial charge >= 0.3 is 0 Å². The molecule has 0 amide bonds. The maximum atomic E-state index is 13.1. The van der Waals surface area contributed by atoms with Gasteiger partial charge < -0.3 is 15.4 Å². The third-order valence-corrected chi connectivity index (χ3v) is 5.78. The number of aromatic nitrogens is 3. The van der Waals surface area contributed by atoms with Crippen molar-refractivity contribution in [3.63, 3.8) is 0 Å². The van der Waals surface area contributed by atoms with Gasteiger partial charge in [0.05, 0.1) is 18.1 Å². The lowest BCUT2D eigenvalue weighted by Crippen LogP contribution is -2.32. The van der Waals surface area contributed by atoms with E-state index >= 15 is 0 Å². The predicted octanol–water partition coefficient (Wildman–Crippen LogP) is 2.70. The number of nitrogens with zero attached hydrogens (tertiary/aromatic N) is 4. The summed E-state index contributed by atoms with van der Waals surface area (Å²) in [5, 5.41) is 4.95. The number of pyridine rings is 1. The molecule has 2 aliphatic rings. The van der Waals surface area contributed by atoms with Gasteiger partial charge in [0, 0.05) is 12.6 Å². The summed E-state index contributed by atoms with van der Waals surface area (Å²) in [7, 11) is 1.54. The van der Waals surface area contributed by atoms with Gasteiger partial charge in [-0.3, -0.25) is 4.79 Å². The van der Waals surface area contributed by atoms with Crippen molar-refractivity contribution in [1.82, 2.24) is 14.8 Å². The number of ether oxygens (including phenoxy) is 1. The molecule has 0 spiro atoms. The van der Waals surface area contributed by atoms with Crippen LogP contribution >= 0.6 is 0 Å². The maximum Gasteiger partial charge on any atom is 0.283 e. The Morgan fingerprint density at radius 2 is 2.07 bits per heavy atom. The summed E-state index contributed by atoms with van der Waals surface area (Å²) in [6.45, 7) is 1.03. The van der Waals surface area contributed by atoms with Crippen LogP contribution in [0.5, 0.6) is 5.75 Å². The molecule has 2 fully saturated rings. The van der Waals surface area contributed by atoms with Crippen molar-refractivity contribution in [3.05, 3.63) is 42.0 Å². The highest BCUT2D eigenvalue weighted by atomic mass is 16.5. The molecule has 138 valence electrons. The first kappa shape index (κ1) is 16.1. The van der Waals surface area contributed by atoms with E-state index < -0.39 is 0 Å². The molecule has 7 heteroatoms. The molecule has 1 aliphatic heterocycles. The molecule has 27 heavy (non-hydrogen) atoms. The number of anilines is 2. The van der Waals surface area contributed by atoms with Crippen molar-refractivity contribution < 1.29 is 9.53 Å². The Labute approximate surface area is 156 Å². The molecule has 0 radical (unpaired) electrons. The van der Waals surface area contributed by atoms with Gasteiger partial charge in [-0.1, -0.05) is 12.1 Å². The number of hydrogen-bond donors (Lipinski definition) is 1. The number of hydrogen-bond acceptors (Lipinski definition) is 6. The van der Waals surface area contributed by atoms with E-state index in [9.17, 15) is 4.79 Å². The van der Waals surface area contributed by atoms with Gasteiger partial charge in [-0.15, -0.1) is 5.10 Å². The number of piperidine rings is 1. The maximum absolute atomic E-state index is 13.1. The van der Waals surface area contributed by atoms with Gasteiger partial charge in [-0.2, -0.15) is 4.68 Å². The molecular formula is C20H21N5O2. The quantitative estimate of drug-likeness (QED) is 0.770. The second-order valence-corrected chi connectivity index (χ2v) is 7.33. The number of nitrogens with two attached hydrogens (primary N) is 1. The number of para-hydroxylation sites is 1. The lowest BCUT2D eigenvalue weighted by molar-refractivity contribution is 0.0947. The summed E-state index contributed by atoms with van der Waals surface area (Å²) in [4.78, 5) is 20.3. The van der Waals surface area contributed by atoms with Crippen LogP contribution in [0, 0.1) is 5.92 Å². The molecule has 7 nitrogen and oxygen atoms in total. The summed E-state index contributed by atoms with van der Waals surface area (Å²) in [6, 6.07) is 11.5. The summed E-state index contributed by atoms with van der Waals surface area (Å²) < 4.78 is 6.62. The number of methoxy groups -OCH3 is 1. The topological polar surface area (TPSA) is 86.3 Å². The zero-order chi connectivity index (χ0) is 18.5. The predicted molar refractivity (Wildman–Crippen MR) is 103 cm³/mol. The lowest BCUT2D eigenvalue weighted by Gasteiger charge is -2.28. The van der Waals surface area contributed by atoms with Crippen molar-refractivity contribution in [2.45, 2.75) is 25.3 Å². The van der Waals surface area contributed by atoms with Crippen molar-refractivity contribution in [2.24, 2.45) is 5.92 Å². The summed E-state index contributed by atoms with van der Waals surface area (Å²) in [5.41, 5.74) is 6.98. The second-order valence-electron chi connectivity index (χ2n) is 7.33. The van der Waals surface area contributed by atoms with Gasteiger partial charge in [0.1, 0.15) is 11.6 Å². The zero-order valence-corrected chi connectivity index (χ0v) is 15.1. The molecule has 2 aromatic heterocycles. The number of fused-ring (bicyclic) bond motifs is 3. The minimum Gasteiger partial charge on any atom is -0.496 e. The first-order valence-corrected chi connectivity index (χ1v) is 9.25. The van der Waals surface area contributed by atoms with Gasteiger partial charge in [-0.05, 0) is 49.4 Å². The minimum absolute atomic E-state index is 0.301. The van der Waals surface area contributed by atoms with Crippen molar-refractivity contribution in [3.8, 4) is 5.75 Å². The number of carbonyl (C=O) groups is 1. The van der Waals surface area contributed by atoms with E-state index in [1.807, 2.05) is 18.2 Å². The fourth-order valence-corrected chi connectivity index (χ4v) is 4.45. The van der Waals surface area contributed by atoms with Crippen LogP contribution in [0.15, 0.2) is 36.4 Å². The van der Waals surface area contributed by atoms with E-state index in [1.165, 1.54) is 23.9 Å². The molecule has 1 saturated carbocycles. The van der Waals surface area contributed by atoms with Crippen LogP contribution < -0.4 is 15.4 Å². The first-order chi connectivity index (χ1) is 13.2. The van der Waals surface area contributed by atoms with Crippen molar-refractivity contribution in [2.75, 3.05) is 24.3 Å². The Morgan fingerprint density at radius 3 is 2.81 bits per heavy atom. The molecule has 1 saturated heterocycles.